The molecule has 4 heteroatoms. The van der Waals surface area contributed by atoms with E-state index in [0.717, 1.165) is 48.1 Å². The highest BCUT2D eigenvalue weighted by Gasteiger charge is 2.32. The van der Waals surface area contributed by atoms with Gasteiger partial charge in [-0.05, 0) is 93.5 Å². The summed E-state index contributed by atoms with van der Waals surface area (Å²) in [4.78, 5) is 15.0. The number of benzene rings is 3. The molecule has 0 spiro atoms. The zero-order chi connectivity index (χ0) is 26.6. The number of nitrogens with zero attached hydrogens (tertiary/aromatic N) is 1. The highest BCUT2D eigenvalue weighted by molar-refractivity contribution is 5.78. The van der Waals surface area contributed by atoms with Crippen LogP contribution in [0.5, 0.6) is 5.75 Å². The van der Waals surface area contributed by atoms with E-state index in [1.165, 1.54) is 16.7 Å². The largest absolute Gasteiger partial charge is 0.508 e. The Morgan fingerprint density at radius 3 is 2.46 bits per heavy atom. The molecule has 0 radical (unpaired) electrons. The summed E-state index contributed by atoms with van der Waals surface area (Å²) in [6, 6.07) is 20.4. The zero-order valence-electron chi connectivity index (χ0n) is 22.8. The van der Waals surface area contributed by atoms with Crippen molar-refractivity contribution >= 4 is 18.1 Å². The minimum Gasteiger partial charge on any atom is -0.508 e. The molecule has 4 nitrogen and oxygen atoms in total. The Morgan fingerprint density at radius 2 is 1.73 bits per heavy atom. The SMILES string of the molecule is Cc1cc(CN2CCCC[C@H]2C(=O)OC(C)(C)C)c(O)cc1/C=C/c1cccc(-c2ccccc2)c1C. The summed E-state index contributed by atoms with van der Waals surface area (Å²) in [5, 5.41) is 10.9. The van der Waals surface area contributed by atoms with Gasteiger partial charge in [0.05, 0.1) is 0 Å². The van der Waals surface area contributed by atoms with Gasteiger partial charge in [-0.1, -0.05) is 73.2 Å². The lowest BCUT2D eigenvalue weighted by atomic mass is 9.95. The van der Waals surface area contributed by atoms with Gasteiger partial charge in [0.15, 0.2) is 0 Å². The van der Waals surface area contributed by atoms with E-state index in [-0.39, 0.29) is 17.8 Å². The standard InChI is InChI=1S/C33H39NO3/c1-23-20-28(22-34-19-10-9-16-30(34)32(36)37-33(3,4)5)31(35)21-27(23)18-17-25-14-11-15-29(24(25)2)26-12-7-6-8-13-26/h6-8,11-15,17-18,20-21,30,35H,9-10,16,19,22H2,1-5H3/b18-17+/t30-/m0/s1. The first-order chi connectivity index (χ1) is 17.6. The van der Waals surface area contributed by atoms with Crippen LogP contribution < -0.4 is 0 Å². The quantitative estimate of drug-likeness (QED) is 0.282. The molecule has 3 aromatic rings. The van der Waals surface area contributed by atoms with Crippen molar-refractivity contribution in [2.24, 2.45) is 0 Å². The fourth-order valence-electron chi connectivity index (χ4n) is 5.06. The number of carbonyl (C=O) groups is 1. The van der Waals surface area contributed by atoms with Crippen molar-refractivity contribution < 1.29 is 14.6 Å². The van der Waals surface area contributed by atoms with Gasteiger partial charge in [0.2, 0.25) is 0 Å². The number of aromatic hydroxyl groups is 1. The Labute approximate surface area is 221 Å². The molecule has 1 aliphatic heterocycles. The van der Waals surface area contributed by atoms with Crippen molar-refractivity contribution in [1.29, 1.82) is 0 Å². The Hall–Kier alpha value is -3.37. The van der Waals surface area contributed by atoms with Crippen molar-refractivity contribution in [3.63, 3.8) is 0 Å². The Balaban J connectivity index is 1.53. The number of phenolic OH excluding ortho intramolecular Hbond substituents is 1. The molecule has 1 heterocycles. The Bertz CT molecular complexity index is 1270. The fourth-order valence-corrected chi connectivity index (χ4v) is 5.06. The van der Waals surface area contributed by atoms with Crippen LogP contribution in [0.3, 0.4) is 0 Å². The molecule has 37 heavy (non-hydrogen) atoms. The second-order valence-corrected chi connectivity index (χ2v) is 11.1. The van der Waals surface area contributed by atoms with Gasteiger partial charge < -0.3 is 9.84 Å². The van der Waals surface area contributed by atoms with Crippen molar-refractivity contribution in [2.75, 3.05) is 6.54 Å². The molecule has 0 unspecified atom stereocenters. The molecule has 3 aromatic carbocycles. The smallest absolute Gasteiger partial charge is 0.323 e. The van der Waals surface area contributed by atoms with E-state index in [2.05, 4.69) is 73.4 Å². The normalized spacial score (nSPS) is 16.7. The molecule has 4 rings (SSSR count). The van der Waals surface area contributed by atoms with Gasteiger partial charge >= 0.3 is 5.97 Å². The van der Waals surface area contributed by atoms with E-state index < -0.39 is 5.60 Å². The van der Waals surface area contributed by atoms with E-state index in [1.54, 1.807) is 0 Å². The predicted octanol–water partition coefficient (Wildman–Crippen LogP) is 7.54. The van der Waals surface area contributed by atoms with Crippen LogP contribution in [0.2, 0.25) is 0 Å². The lowest BCUT2D eigenvalue weighted by molar-refractivity contribution is -0.163. The van der Waals surface area contributed by atoms with Gasteiger partial charge in [-0.3, -0.25) is 9.69 Å². The van der Waals surface area contributed by atoms with Crippen molar-refractivity contribution in [3.8, 4) is 16.9 Å². The number of esters is 1. The third kappa shape index (κ3) is 6.69. The minimum atomic E-state index is -0.508. The molecule has 0 amide bonds. The van der Waals surface area contributed by atoms with E-state index >= 15 is 0 Å². The summed E-state index contributed by atoms with van der Waals surface area (Å²) in [5.41, 5.74) is 7.20. The fraction of sp³-hybridized carbons (Fsp3) is 0.364. The van der Waals surface area contributed by atoms with Gasteiger partial charge in [-0.2, -0.15) is 0 Å². The molecular weight excluding hydrogens is 458 g/mol. The number of carbonyl (C=O) groups excluding carboxylic acids is 1. The van der Waals surface area contributed by atoms with Crippen LogP contribution in [-0.4, -0.2) is 34.2 Å². The third-order valence-electron chi connectivity index (χ3n) is 7.04. The lowest BCUT2D eigenvalue weighted by Gasteiger charge is -2.35. The average molecular weight is 498 g/mol. The van der Waals surface area contributed by atoms with Crippen molar-refractivity contribution in [3.05, 3.63) is 88.5 Å². The first-order valence-corrected chi connectivity index (χ1v) is 13.2. The average Bonchev–Trinajstić information content (AvgIpc) is 2.86. The Morgan fingerprint density at radius 1 is 1.00 bits per heavy atom. The maximum Gasteiger partial charge on any atom is 0.323 e. The summed E-state index contributed by atoms with van der Waals surface area (Å²) >= 11 is 0. The van der Waals surface area contributed by atoms with Crippen molar-refractivity contribution in [2.45, 2.75) is 72.1 Å². The third-order valence-corrected chi connectivity index (χ3v) is 7.04. The highest BCUT2D eigenvalue weighted by Crippen LogP contribution is 2.30. The van der Waals surface area contributed by atoms with E-state index in [4.69, 9.17) is 4.74 Å². The Kier molecular flexibility index (Phi) is 8.19. The van der Waals surface area contributed by atoms with E-state index in [0.29, 0.717) is 6.54 Å². The maximum atomic E-state index is 12.8. The number of hydrogen-bond donors (Lipinski definition) is 1. The predicted molar refractivity (Wildman–Crippen MR) is 152 cm³/mol. The summed E-state index contributed by atoms with van der Waals surface area (Å²) in [7, 11) is 0. The van der Waals surface area contributed by atoms with Crippen LogP contribution in [0.1, 0.15) is 67.9 Å². The molecule has 1 saturated heterocycles. The molecule has 0 bridgehead atoms. The van der Waals surface area contributed by atoms with Gasteiger partial charge in [0.25, 0.3) is 0 Å². The van der Waals surface area contributed by atoms with Gasteiger partial charge in [0, 0.05) is 12.1 Å². The van der Waals surface area contributed by atoms with Crippen molar-refractivity contribution in [1.82, 2.24) is 4.90 Å². The molecule has 0 aliphatic carbocycles. The van der Waals surface area contributed by atoms with Gasteiger partial charge in [-0.25, -0.2) is 0 Å². The number of phenols is 1. The van der Waals surface area contributed by atoms with Crippen LogP contribution in [0.25, 0.3) is 23.3 Å². The monoisotopic (exact) mass is 497 g/mol. The summed E-state index contributed by atoms with van der Waals surface area (Å²) < 4.78 is 5.69. The number of rotatable bonds is 6. The van der Waals surface area contributed by atoms with Gasteiger partial charge in [-0.15, -0.1) is 0 Å². The zero-order valence-corrected chi connectivity index (χ0v) is 22.8. The summed E-state index contributed by atoms with van der Waals surface area (Å²) in [5.74, 6) is 0.0876. The molecule has 1 atom stereocenters. The molecule has 1 fully saturated rings. The topological polar surface area (TPSA) is 49.8 Å². The molecule has 1 N–H and O–H groups in total. The maximum absolute atomic E-state index is 12.8. The number of hydrogen-bond acceptors (Lipinski definition) is 4. The molecule has 194 valence electrons. The summed E-state index contributed by atoms with van der Waals surface area (Å²) in [6.07, 6.45) is 7.03. The lowest BCUT2D eigenvalue weighted by Crippen LogP contribution is -2.46. The summed E-state index contributed by atoms with van der Waals surface area (Å²) in [6.45, 7) is 11.3. The molecule has 1 aliphatic rings. The first-order valence-electron chi connectivity index (χ1n) is 13.2. The van der Waals surface area contributed by atoms with Crippen LogP contribution >= 0.6 is 0 Å². The second-order valence-electron chi connectivity index (χ2n) is 11.1. The van der Waals surface area contributed by atoms with Gasteiger partial charge in [0.1, 0.15) is 17.4 Å². The number of likely N-dealkylation sites (tertiary alicyclic amines) is 1. The molecular formula is C33H39NO3. The van der Waals surface area contributed by atoms with E-state index in [1.807, 2.05) is 39.0 Å². The van der Waals surface area contributed by atoms with Crippen LogP contribution in [0.15, 0.2) is 60.7 Å². The molecule has 0 aromatic heterocycles. The van der Waals surface area contributed by atoms with Crippen LogP contribution in [-0.2, 0) is 16.1 Å². The van der Waals surface area contributed by atoms with Crippen LogP contribution in [0.4, 0.5) is 0 Å². The number of aryl methyl sites for hydroxylation is 1. The highest BCUT2D eigenvalue weighted by atomic mass is 16.6. The molecule has 0 saturated carbocycles. The van der Waals surface area contributed by atoms with Crippen LogP contribution in [0, 0.1) is 13.8 Å². The number of ether oxygens (including phenoxy) is 1. The van der Waals surface area contributed by atoms with E-state index in [9.17, 15) is 9.90 Å². The number of piperidine rings is 1. The first kappa shape index (κ1) is 26.7. The minimum absolute atomic E-state index is 0.170. The second kappa shape index (κ2) is 11.4.